The number of carbonyl (C=O) groups excluding carboxylic acids is 1. The second-order valence-electron chi connectivity index (χ2n) is 6.60. The van der Waals surface area contributed by atoms with Crippen LogP contribution in [0.2, 0.25) is 0 Å². The molecule has 1 N–H and O–H groups in total. The fourth-order valence-corrected chi connectivity index (χ4v) is 3.62. The Morgan fingerprint density at radius 3 is 2.54 bits per heavy atom. The Bertz CT molecular complexity index is 1240. The predicted molar refractivity (Wildman–Crippen MR) is 110 cm³/mol. The maximum atomic E-state index is 12.9. The van der Waals surface area contributed by atoms with Gasteiger partial charge >= 0.3 is 0 Å². The normalized spacial score (nSPS) is 14.3. The number of hydrogen-bond acceptors (Lipinski definition) is 3. The number of ether oxygens (including phenoxy) is 2. The van der Waals surface area contributed by atoms with Crippen molar-refractivity contribution in [1.82, 2.24) is 4.98 Å². The Morgan fingerprint density at radius 1 is 0.929 bits per heavy atom. The van der Waals surface area contributed by atoms with E-state index >= 15 is 0 Å². The average molecular weight is 367 g/mol. The molecule has 1 aromatic heterocycles. The summed E-state index contributed by atoms with van der Waals surface area (Å²) in [6, 6.07) is 23.4. The monoisotopic (exact) mass is 367 g/mol. The molecular formula is C24H17NO3. The van der Waals surface area contributed by atoms with E-state index in [2.05, 4.69) is 4.98 Å². The van der Waals surface area contributed by atoms with Gasteiger partial charge in [-0.05, 0) is 29.8 Å². The molecule has 136 valence electrons. The predicted octanol–water partition coefficient (Wildman–Crippen LogP) is 5.46. The molecule has 4 nitrogen and oxygen atoms in total. The number of rotatable bonds is 3. The van der Waals surface area contributed by atoms with E-state index < -0.39 is 0 Å². The van der Waals surface area contributed by atoms with E-state index in [9.17, 15) is 4.79 Å². The molecule has 0 saturated carbocycles. The molecule has 0 unspecified atom stereocenters. The number of para-hydroxylation sites is 2. The minimum Gasteiger partial charge on any atom is -0.493 e. The van der Waals surface area contributed by atoms with Gasteiger partial charge in [0.05, 0.1) is 18.4 Å². The first-order chi connectivity index (χ1) is 13.8. The third-order valence-corrected chi connectivity index (χ3v) is 4.96. The van der Waals surface area contributed by atoms with Crippen LogP contribution in [0.4, 0.5) is 0 Å². The molecular weight excluding hydrogens is 350 g/mol. The molecule has 1 aliphatic rings. The average Bonchev–Trinajstić information content (AvgIpc) is 3.27. The van der Waals surface area contributed by atoms with Crippen molar-refractivity contribution in [2.45, 2.75) is 0 Å². The molecule has 0 saturated heterocycles. The van der Waals surface area contributed by atoms with Gasteiger partial charge in [0.2, 0.25) is 5.78 Å². The van der Waals surface area contributed by atoms with Gasteiger partial charge in [-0.2, -0.15) is 0 Å². The molecule has 0 radical (unpaired) electrons. The molecule has 4 heteroatoms. The van der Waals surface area contributed by atoms with Gasteiger partial charge in [0.15, 0.2) is 17.3 Å². The number of Topliss-reactive ketones (excluding diaryl/α,β-unsaturated/α-hetero) is 1. The summed E-state index contributed by atoms with van der Waals surface area (Å²) in [6.07, 6.45) is 1.82. The van der Waals surface area contributed by atoms with Gasteiger partial charge in [-0.1, -0.05) is 54.6 Å². The summed E-state index contributed by atoms with van der Waals surface area (Å²) in [4.78, 5) is 16.4. The molecule has 0 spiro atoms. The third kappa shape index (κ3) is 2.50. The van der Waals surface area contributed by atoms with Crippen molar-refractivity contribution in [3.63, 3.8) is 0 Å². The van der Waals surface area contributed by atoms with Crippen LogP contribution in [0.5, 0.6) is 11.5 Å². The Labute approximate surface area is 162 Å². The fourth-order valence-electron chi connectivity index (χ4n) is 3.62. The van der Waals surface area contributed by atoms with E-state index in [1.54, 1.807) is 25.3 Å². The first kappa shape index (κ1) is 16.4. The Morgan fingerprint density at radius 2 is 1.71 bits per heavy atom. The highest BCUT2D eigenvalue weighted by atomic mass is 16.5. The molecule has 0 aliphatic carbocycles. The van der Waals surface area contributed by atoms with Crippen LogP contribution in [0, 0.1) is 0 Å². The number of methoxy groups -OCH3 is 1. The van der Waals surface area contributed by atoms with E-state index in [4.69, 9.17) is 9.47 Å². The van der Waals surface area contributed by atoms with Crippen molar-refractivity contribution in [3.8, 4) is 22.8 Å². The molecule has 28 heavy (non-hydrogen) atoms. The molecule has 0 atom stereocenters. The number of aromatic amines is 1. The third-order valence-electron chi connectivity index (χ3n) is 4.96. The quantitative estimate of drug-likeness (QED) is 0.489. The van der Waals surface area contributed by atoms with Crippen LogP contribution in [-0.2, 0) is 0 Å². The second kappa shape index (κ2) is 6.43. The van der Waals surface area contributed by atoms with Gasteiger partial charge in [-0.3, -0.25) is 4.79 Å². The fraction of sp³-hybridized carbons (Fsp3) is 0.0417. The number of aromatic nitrogens is 1. The van der Waals surface area contributed by atoms with E-state index in [0.29, 0.717) is 22.8 Å². The lowest BCUT2D eigenvalue weighted by atomic mass is 10.0. The topological polar surface area (TPSA) is 51.3 Å². The largest absolute Gasteiger partial charge is 0.493 e. The lowest BCUT2D eigenvalue weighted by molar-refractivity contribution is 0.101. The number of allylic oxidation sites excluding steroid dienone is 1. The van der Waals surface area contributed by atoms with Crippen molar-refractivity contribution >= 4 is 22.8 Å². The summed E-state index contributed by atoms with van der Waals surface area (Å²) in [6.45, 7) is 0. The summed E-state index contributed by atoms with van der Waals surface area (Å²) >= 11 is 0. The number of hydrogen-bond donors (Lipinski definition) is 1. The number of ketones is 1. The first-order valence-corrected chi connectivity index (χ1v) is 9.03. The molecule has 0 amide bonds. The van der Waals surface area contributed by atoms with Gasteiger partial charge in [0.25, 0.3) is 0 Å². The number of carbonyl (C=O) groups is 1. The van der Waals surface area contributed by atoms with E-state index in [-0.39, 0.29) is 5.78 Å². The summed E-state index contributed by atoms with van der Waals surface area (Å²) in [5.74, 6) is 1.18. The van der Waals surface area contributed by atoms with Crippen LogP contribution in [0.1, 0.15) is 15.9 Å². The van der Waals surface area contributed by atoms with Crippen LogP contribution >= 0.6 is 0 Å². The van der Waals surface area contributed by atoms with Crippen LogP contribution in [0.15, 0.2) is 78.6 Å². The van der Waals surface area contributed by atoms with Crippen molar-refractivity contribution < 1.29 is 14.3 Å². The maximum absolute atomic E-state index is 12.9. The number of benzene rings is 3. The Balaban J connectivity index is 1.69. The van der Waals surface area contributed by atoms with Crippen LogP contribution in [0.25, 0.3) is 28.2 Å². The number of nitrogens with one attached hydrogen (secondary N) is 1. The number of H-pyrrole nitrogens is 1. The van der Waals surface area contributed by atoms with Gasteiger partial charge < -0.3 is 14.5 Å². The molecule has 3 aromatic carbocycles. The van der Waals surface area contributed by atoms with Gasteiger partial charge in [-0.25, -0.2) is 0 Å². The van der Waals surface area contributed by atoms with E-state index in [0.717, 1.165) is 27.7 Å². The van der Waals surface area contributed by atoms with Crippen LogP contribution < -0.4 is 9.47 Å². The van der Waals surface area contributed by atoms with Crippen molar-refractivity contribution in [2.24, 2.45) is 0 Å². The molecule has 0 bridgehead atoms. The zero-order chi connectivity index (χ0) is 19.1. The lowest BCUT2D eigenvalue weighted by Crippen LogP contribution is -1.98. The van der Waals surface area contributed by atoms with Gasteiger partial charge in [-0.15, -0.1) is 0 Å². The molecule has 5 rings (SSSR count). The summed E-state index contributed by atoms with van der Waals surface area (Å²) in [5.41, 5.74) is 4.46. The SMILES string of the molecule is COc1cccc2c1OC(=Cc1c(-c3ccccc3)[nH]c3ccccc13)C2=O. The van der Waals surface area contributed by atoms with Gasteiger partial charge in [0, 0.05) is 16.5 Å². The van der Waals surface area contributed by atoms with E-state index in [1.807, 2.05) is 60.7 Å². The van der Waals surface area contributed by atoms with Crippen molar-refractivity contribution in [1.29, 1.82) is 0 Å². The number of fused-ring (bicyclic) bond motifs is 2. The van der Waals surface area contributed by atoms with E-state index in [1.165, 1.54) is 0 Å². The first-order valence-electron chi connectivity index (χ1n) is 9.03. The Kier molecular flexibility index (Phi) is 3.76. The zero-order valence-corrected chi connectivity index (χ0v) is 15.2. The van der Waals surface area contributed by atoms with Crippen LogP contribution in [0.3, 0.4) is 0 Å². The highest BCUT2D eigenvalue weighted by Gasteiger charge is 2.30. The van der Waals surface area contributed by atoms with Crippen molar-refractivity contribution in [3.05, 3.63) is 89.7 Å². The Hall–Kier alpha value is -3.79. The summed E-state index contributed by atoms with van der Waals surface area (Å²) < 4.78 is 11.3. The molecule has 1 aliphatic heterocycles. The molecule has 4 aromatic rings. The minimum atomic E-state index is -0.141. The summed E-state index contributed by atoms with van der Waals surface area (Å²) in [7, 11) is 1.57. The van der Waals surface area contributed by atoms with Gasteiger partial charge in [0.1, 0.15) is 0 Å². The molecule has 2 heterocycles. The lowest BCUT2D eigenvalue weighted by Gasteiger charge is -2.05. The smallest absolute Gasteiger partial charge is 0.232 e. The standard InChI is InChI=1S/C24H17NO3/c1-27-20-13-7-11-17-23(26)21(28-24(17)20)14-18-16-10-5-6-12-19(16)25-22(18)15-8-3-2-4-9-15/h2-14,25H,1H3. The summed E-state index contributed by atoms with van der Waals surface area (Å²) in [5, 5.41) is 1.04. The second-order valence-corrected chi connectivity index (χ2v) is 6.60. The van der Waals surface area contributed by atoms with Crippen molar-refractivity contribution in [2.75, 3.05) is 7.11 Å². The zero-order valence-electron chi connectivity index (χ0n) is 15.2. The van der Waals surface area contributed by atoms with Crippen LogP contribution in [-0.4, -0.2) is 17.9 Å². The minimum absolute atomic E-state index is 0.141. The maximum Gasteiger partial charge on any atom is 0.232 e. The molecule has 0 fully saturated rings. The highest BCUT2D eigenvalue weighted by molar-refractivity contribution is 6.16. The highest BCUT2D eigenvalue weighted by Crippen LogP contribution is 2.41.